The summed E-state index contributed by atoms with van der Waals surface area (Å²) in [4.78, 5) is 23.7. The molecule has 0 aliphatic carbocycles. The van der Waals surface area contributed by atoms with Crippen LogP contribution in [0.15, 0.2) is 48.5 Å². The number of nitrogens with zero attached hydrogens (tertiary/aromatic N) is 1. The van der Waals surface area contributed by atoms with Gasteiger partial charge in [-0.1, -0.05) is 18.2 Å². The number of nitrogens with one attached hydrogen (secondary N) is 1. The predicted octanol–water partition coefficient (Wildman–Crippen LogP) is 2.73. The van der Waals surface area contributed by atoms with Gasteiger partial charge in [-0.05, 0) is 42.8 Å². The van der Waals surface area contributed by atoms with Crippen LogP contribution in [0.4, 0.5) is 4.39 Å². The van der Waals surface area contributed by atoms with Crippen molar-refractivity contribution in [3.8, 4) is 6.07 Å². The molecule has 0 aliphatic heterocycles. The van der Waals surface area contributed by atoms with E-state index in [9.17, 15) is 14.0 Å². The van der Waals surface area contributed by atoms with E-state index in [2.05, 4.69) is 5.32 Å². The van der Waals surface area contributed by atoms with Crippen LogP contribution in [0.2, 0.25) is 0 Å². The van der Waals surface area contributed by atoms with Crippen molar-refractivity contribution in [2.75, 3.05) is 6.61 Å². The lowest BCUT2D eigenvalue weighted by molar-refractivity contribution is -0.124. The predicted molar refractivity (Wildman–Crippen MR) is 84.4 cm³/mol. The molecule has 122 valence electrons. The molecule has 2 aromatic carbocycles. The maximum absolute atomic E-state index is 12.9. The molecule has 2 aromatic rings. The highest BCUT2D eigenvalue weighted by Gasteiger charge is 2.13. The first-order valence-corrected chi connectivity index (χ1v) is 7.21. The van der Waals surface area contributed by atoms with Crippen molar-refractivity contribution in [1.82, 2.24) is 5.32 Å². The summed E-state index contributed by atoms with van der Waals surface area (Å²) >= 11 is 0. The Morgan fingerprint density at radius 3 is 2.62 bits per heavy atom. The summed E-state index contributed by atoms with van der Waals surface area (Å²) in [6, 6.07) is 13.3. The number of amides is 1. The number of hydrogen-bond donors (Lipinski definition) is 1. The first-order valence-electron chi connectivity index (χ1n) is 7.21. The second kappa shape index (κ2) is 7.88. The van der Waals surface area contributed by atoms with E-state index >= 15 is 0 Å². The molecule has 0 radical (unpaired) electrons. The lowest BCUT2D eigenvalue weighted by Gasteiger charge is -2.14. The normalized spacial score (nSPS) is 11.2. The molecular formula is C18H15FN2O3. The van der Waals surface area contributed by atoms with E-state index in [0.29, 0.717) is 5.56 Å². The summed E-state index contributed by atoms with van der Waals surface area (Å²) in [5, 5.41) is 11.5. The molecule has 0 bridgehead atoms. The molecule has 0 heterocycles. The average molecular weight is 326 g/mol. The van der Waals surface area contributed by atoms with Crippen molar-refractivity contribution in [2.24, 2.45) is 0 Å². The minimum Gasteiger partial charge on any atom is -0.452 e. The zero-order chi connectivity index (χ0) is 17.5. The van der Waals surface area contributed by atoms with Gasteiger partial charge in [-0.2, -0.15) is 5.26 Å². The van der Waals surface area contributed by atoms with Gasteiger partial charge in [0, 0.05) is 0 Å². The third-order valence-electron chi connectivity index (χ3n) is 3.31. The number of ether oxygens (including phenoxy) is 1. The Morgan fingerprint density at radius 2 is 1.96 bits per heavy atom. The highest BCUT2D eigenvalue weighted by molar-refractivity contribution is 5.91. The van der Waals surface area contributed by atoms with E-state index in [1.54, 1.807) is 31.2 Å². The number of hydrogen-bond acceptors (Lipinski definition) is 4. The third kappa shape index (κ3) is 4.65. The topological polar surface area (TPSA) is 79.2 Å². The summed E-state index contributed by atoms with van der Waals surface area (Å²) in [6.45, 7) is 1.30. The van der Waals surface area contributed by atoms with E-state index in [1.165, 1.54) is 24.3 Å². The number of benzene rings is 2. The average Bonchev–Trinajstić information content (AvgIpc) is 2.60. The molecule has 1 amide bonds. The molecule has 2 rings (SSSR count). The van der Waals surface area contributed by atoms with Gasteiger partial charge in [0.1, 0.15) is 5.82 Å². The van der Waals surface area contributed by atoms with Crippen LogP contribution in [0.25, 0.3) is 0 Å². The molecule has 0 aliphatic rings. The molecule has 1 atom stereocenters. The van der Waals surface area contributed by atoms with Crippen LogP contribution in [0, 0.1) is 17.1 Å². The lowest BCUT2D eigenvalue weighted by Crippen LogP contribution is -2.31. The number of carbonyl (C=O) groups is 2. The van der Waals surface area contributed by atoms with Gasteiger partial charge in [-0.3, -0.25) is 4.79 Å². The van der Waals surface area contributed by atoms with Crippen molar-refractivity contribution in [1.29, 1.82) is 5.26 Å². The Hall–Kier alpha value is -3.20. The molecule has 5 nitrogen and oxygen atoms in total. The molecule has 0 aromatic heterocycles. The van der Waals surface area contributed by atoms with E-state index in [1.807, 2.05) is 6.07 Å². The molecule has 0 unspecified atom stereocenters. The van der Waals surface area contributed by atoms with Crippen LogP contribution in [-0.4, -0.2) is 18.5 Å². The third-order valence-corrected chi connectivity index (χ3v) is 3.31. The van der Waals surface area contributed by atoms with Gasteiger partial charge >= 0.3 is 5.97 Å². The van der Waals surface area contributed by atoms with Crippen LogP contribution in [-0.2, 0) is 9.53 Å². The van der Waals surface area contributed by atoms with Gasteiger partial charge in [0.2, 0.25) is 0 Å². The summed E-state index contributed by atoms with van der Waals surface area (Å²) in [5.41, 5.74) is 1.27. The number of carbonyl (C=O) groups excluding carboxylic acids is 2. The molecule has 1 N–H and O–H groups in total. The highest BCUT2D eigenvalue weighted by Crippen LogP contribution is 2.12. The van der Waals surface area contributed by atoms with Crippen LogP contribution in [0.3, 0.4) is 0 Å². The van der Waals surface area contributed by atoms with Crippen LogP contribution < -0.4 is 5.32 Å². The van der Waals surface area contributed by atoms with Gasteiger partial charge in [0.05, 0.1) is 23.2 Å². The molecule has 0 saturated carbocycles. The van der Waals surface area contributed by atoms with E-state index in [4.69, 9.17) is 10.00 Å². The maximum Gasteiger partial charge on any atom is 0.338 e. The van der Waals surface area contributed by atoms with Crippen LogP contribution >= 0.6 is 0 Å². The Kier molecular flexibility index (Phi) is 5.63. The van der Waals surface area contributed by atoms with Gasteiger partial charge < -0.3 is 10.1 Å². The zero-order valence-corrected chi connectivity index (χ0v) is 13.0. The molecule has 0 spiro atoms. The van der Waals surface area contributed by atoms with E-state index < -0.39 is 18.5 Å². The number of halogens is 1. The lowest BCUT2D eigenvalue weighted by atomic mass is 10.1. The van der Waals surface area contributed by atoms with Crippen molar-refractivity contribution in [3.05, 3.63) is 71.0 Å². The fraction of sp³-hybridized carbons (Fsp3) is 0.167. The largest absolute Gasteiger partial charge is 0.452 e. The number of rotatable bonds is 5. The van der Waals surface area contributed by atoms with E-state index in [0.717, 1.165) is 5.56 Å². The molecular weight excluding hydrogens is 311 g/mol. The zero-order valence-electron chi connectivity index (χ0n) is 13.0. The van der Waals surface area contributed by atoms with Crippen LogP contribution in [0.1, 0.15) is 34.5 Å². The Morgan fingerprint density at radius 1 is 1.25 bits per heavy atom. The first-order chi connectivity index (χ1) is 11.5. The summed E-state index contributed by atoms with van der Waals surface area (Å²) in [6.07, 6.45) is 0. The van der Waals surface area contributed by atoms with Crippen molar-refractivity contribution in [3.63, 3.8) is 0 Å². The van der Waals surface area contributed by atoms with Crippen molar-refractivity contribution in [2.45, 2.75) is 13.0 Å². The summed E-state index contributed by atoms with van der Waals surface area (Å²) in [7, 11) is 0. The summed E-state index contributed by atoms with van der Waals surface area (Å²) < 4.78 is 17.8. The van der Waals surface area contributed by atoms with Crippen molar-refractivity contribution >= 4 is 11.9 Å². The van der Waals surface area contributed by atoms with Crippen LogP contribution in [0.5, 0.6) is 0 Å². The standard InChI is InChI=1S/C18H15FN2O3/c1-12(14-5-7-16(19)8-6-14)21-17(22)11-24-18(23)15-4-2-3-13(9-15)10-20/h2-9,12H,11H2,1H3,(H,21,22)/t12-/m1/s1. The monoisotopic (exact) mass is 326 g/mol. The number of esters is 1. The van der Waals surface area contributed by atoms with E-state index in [-0.39, 0.29) is 17.4 Å². The minimum atomic E-state index is -0.684. The maximum atomic E-state index is 12.9. The molecule has 0 fully saturated rings. The van der Waals surface area contributed by atoms with Gasteiger partial charge in [0.25, 0.3) is 5.91 Å². The Labute approximate surface area is 138 Å². The second-order valence-electron chi connectivity index (χ2n) is 5.11. The SMILES string of the molecule is C[C@@H](NC(=O)COC(=O)c1cccc(C#N)c1)c1ccc(F)cc1. The van der Waals surface area contributed by atoms with Gasteiger partial charge in [-0.15, -0.1) is 0 Å². The molecule has 24 heavy (non-hydrogen) atoms. The van der Waals surface area contributed by atoms with Crippen molar-refractivity contribution < 1.29 is 18.7 Å². The quantitative estimate of drug-likeness (QED) is 0.857. The number of nitriles is 1. The fourth-order valence-electron chi connectivity index (χ4n) is 2.05. The Bertz CT molecular complexity index is 782. The Balaban J connectivity index is 1.87. The first kappa shape index (κ1) is 17.2. The fourth-order valence-corrected chi connectivity index (χ4v) is 2.05. The van der Waals surface area contributed by atoms with Gasteiger partial charge in [0.15, 0.2) is 6.61 Å². The second-order valence-corrected chi connectivity index (χ2v) is 5.11. The summed E-state index contributed by atoms with van der Waals surface area (Å²) in [5.74, 6) is -1.51. The van der Waals surface area contributed by atoms with Gasteiger partial charge in [-0.25, -0.2) is 9.18 Å². The smallest absolute Gasteiger partial charge is 0.338 e. The molecule has 0 saturated heterocycles. The highest BCUT2D eigenvalue weighted by atomic mass is 19.1. The molecule has 6 heteroatoms. The minimum absolute atomic E-state index is 0.202.